The highest BCUT2D eigenvalue weighted by Gasteiger charge is 2.24. The molecule has 146 valence electrons. The molecule has 2 nitrogen and oxygen atoms in total. The number of benzene rings is 1. The van der Waals surface area contributed by atoms with Gasteiger partial charge in [-0.1, -0.05) is 39.0 Å². The average Bonchev–Trinajstić information content (AvgIpc) is 3.47. The van der Waals surface area contributed by atoms with E-state index in [2.05, 4.69) is 63.8 Å². The molecular weight excluding hydrogens is 328 g/mol. The minimum Gasteiger partial charge on any atom is -0.299 e. The zero-order valence-electron chi connectivity index (χ0n) is 17.9. The summed E-state index contributed by atoms with van der Waals surface area (Å²) in [6, 6.07) is 9.04. The maximum Gasteiger partial charge on any atom is 0.0713 e. The number of pyridine rings is 1. The molecule has 1 aromatic heterocycles. The molecule has 0 unspecified atom stereocenters. The van der Waals surface area contributed by atoms with Gasteiger partial charge >= 0.3 is 0 Å². The summed E-state index contributed by atoms with van der Waals surface area (Å²) >= 11 is 0. The summed E-state index contributed by atoms with van der Waals surface area (Å²) in [5.74, 6) is 0.938. The highest BCUT2D eigenvalue weighted by atomic mass is 15.1. The van der Waals surface area contributed by atoms with Crippen LogP contribution in [0.1, 0.15) is 68.0 Å². The fourth-order valence-corrected chi connectivity index (χ4v) is 4.24. The van der Waals surface area contributed by atoms with Gasteiger partial charge in [0.25, 0.3) is 0 Å². The number of hydrogen-bond donors (Lipinski definition) is 0. The van der Waals surface area contributed by atoms with Crippen LogP contribution in [0.15, 0.2) is 24.3 Å². The monoisotopic (exact) mass is 364 g/mol. The fourth-order valence-electron chi connectivity index (χ4n) is 4.24. The smallest absolute Gasteiger partial charge is 0.0713 e. The van der Waals surface area contributed by atoms with Crippen LogP contribution < -0.4 is 0 Å². The van der Waals surface area contributed by atoms with Crippen LogP contribution in [-0.4, -0.2) is 23.0 Å². The lowest BCUT2D eigenvalue weighted by Gasteiger charge is -2.24. The van der Waals surface area contributed by atoms with E-state index in [0.29, 0.717) is 0 Å². The molecule has 1 aliphatic rings. The van der Waals surface area contributed by atoms with Crippen molar-refractivity contribution < 1.29 is 0 Å². The molecule has 0 saturated heterocycles. The van der Waals surface area contributed by atoms with Crippen molar-refractivity contribution in [1.29, 1.82) is 0 Å². The van der Waals surface area contributed by atoms with E-state index in [9.17, 15) is 0 Å². The van der Waals surface area contributed by atoms with Crippen LogP contribution in [0.3, 0.4) is 0 Å². The van der Waals surface area contributed by atoms with Gasteiger partial charge in [0, 0.05) is 24.3 Å². The Balaban J connectivity index is 1.93. The Hall–Kier alpha value is -1.67. The van der Waals surface area contributed by atoms with E-state index in [1.807, 2.05) is 0 Å². The third kappa shape index (κ3) is 4.79. The largest absolute Gasteiger partial charge is 0.299 e. The van der Waals surface area contributed by atoms with E-state index in [-0.39, 0.29) is 0 Å². The van der Waals surface area contributed by atoms with Crippen LogP contribution >= 0.6 is 0 Å². The summed E-state index contributed by atoms with van der Waals surface area (Å²) in [6.45, 7) is 14.7. The van der Waals surface area contributed by atoms with E-state index in [1.165, 1.54) is 65.9 Å². The molecule has 0 spiro atoms. The molecule has 0 bridgehead atoms. The van der Waals surface area contributed by atoms with Gasteiger partial charge in [0.2, 0.25) is 0 Å². The summed E-state index contributed by atoms with van der Waals surface area (Å²) in [4.78, 5) is 7.75. The van der Waals surface area contributed by atoms with Gasteiger partial charge in [-0.2, -0.15) is 0 Å². The van der Waals surface area contributed by atoms with Gasteiger partial charge in [0.1, 0.15) is 0 Å². The van der Waals surface area contributed by atoms with Gasteiger partial charge in [-0.25, -0.2) is 0 Å². The molecule has 3 rings (SSSR count). The summed E-state index contributed by atoms with van der Waals surface area (Å²) in [5, 5.41) is 0. The number of hydrogen-bond acceptors (Lipinski definition) is 2. The first-order chi connectivity index (χ1) is 13.1. The second kappa shape index (κ2) is 9.01. The Kier molecular flexibility index (Phi) is 6.70. The lowest BCUT2D eigenvalue weighted by Crippen LogP contribution is -2.27. The van der Waals surface area contributed by atoms with Crippen molar-refractivity contribution in [1.82, 2.24) is 9.88 Å². The first-order valence-corrected chi connectivity index (χ1v) is 10.9. The van der Waals surface area contributed by atoms with Crippen LogP contribution in [0.5, 0.6) is 0 Å². The van der Waals surface area contributed by atoms with E-state index in [0.717, 1.165) is 31.0 Å². The maximum atomic E-state index is 5.10. The highest BCUT2D eigenvalue weighted by Crippen LogP contribution is 2.32. The normalized spacial score (nSPS) is 14.1. The van der Waals surface area contributed by atoms with Crippen molar-refractivity contribution in [2.75, 3.05) is 13.1 Å². The quantitative estimate of drug-likeness (QED) is 0.533. The molecule has 1 heterocycles. The minimum absolute atomic E-state index is 0.938. The second-order valence-corrected chi connectivity index (χ2v) is 8.23. The predicted octanol–water partition coefficient (Wildman–Crippen LogP) is 6.11. The lowest BCUT2D eigenvalue weighted by atomic mass is 9.93. The van der Waals surface area contributed by atoms with Crippen molar-refractivity contribution >= 4 is 0 Å². The van der Waals surface area contributed by atoms with E-state index < -0.39 is 0 Å². The number of rotatable bonds is 9. The van der Waals surface area contributed by atoms with Gasteiger partial charge < -0.3 is 0 Å². The molecule has 0 amide bonds. The fraction of sp³-hybridized carbons (Fsp3) is 0.560. The predicted molar refractivity (Wildman–Crippen MR) is 116 cm³/mol. The minimum atomic E-state index is 0.938. The third-order valence-corrected chi connectivity index (χ3v) is 5.94. The number of nitrogens with zero attached hydrogens (tertiary/aromatic N) is 2. The second-order valence-electron chi connectivity index (χ2n) is 8.23. The standard InChI is InChI=1S/C25H36N2/c1-6-14-27(16-20-12-13-20)17-23-18(4)15-24(26-19(23)5)25-21(7-2)10-9-11-22(25)8-3/h9-11,15,20H,6-8,12-14,16-17H2,1-5H3. The van der Waals surface area contributed by atoms with Gasteiger partial charge in [-0.05, 0) is 86.7 Å². The molecule has 2 aromatic rings. The van der Waals surface area contributed by atoms with Gasteiger partial charge in [0.15, 0.2) is 0 Å². The summed E-state index contributed by atoms with van der Waals surface area (Å²) in [5.41, 5.74) is 9.37. The Morgan fingerprint density at radius 3 is 2.22 bits per heavy atom. The molecule has 1 aromatic carbocycles. The van der Waals surface area contributed by atoms with Crippen molar-refractivity contribution in [3.63, 3.8) is 0 Å². The SMILES string of the molecule is CCCN(Cc1c(C)cc(-c2c(CC)cccc2CC)nc1C)CC1CC1. The van der Waals surface area contributed by atoms with E-state index >= 15 is 0 Å². The molecule has 0 radical (unpaired) electrons. The molecule has 2 heteroatoms. The molecule has 27 heavy (non-hydrogen) atoms. The molecule has 0 atom stereocenters. The van der Waals surface area contributed by atoms with E-state index in [1.54, 1.807) is 0 Å². The molecule has 1 fully saturated rings. The summed E-state index contributed by atoms with van der Waals surface area (Å²) in [7, 11) is 0. The van der Waals surface area contributed by atoms with Crippen molar-refractivity contribution in [2.45, 2.75) is 73.3 Å². The molecule has 1 aliphatic carbocycles. The van der Waals surface area contributed by atoms with Crippen LogP contribution in [0.2, 0.25) is 0 Å². The van der Waals surface area contributed by atoms with Crippen LogP contribution in [0.4, 0.5) is 0 Å². The summed E-state index contributed by atoms with van der Waals surface area (Å²) < 4.78 is 0. The van der Waals surface area contributed by atoms with Gasteiger partial charge in [-0.15, -0.1) is 0 Å². The van der Waals surface area contributed by atoms with Crippen LogP contribution in [-0.2, 0) is 19.4 Å². The first kappa shape index (κ1) is 20.1. The Morgan fingerprint density at radius 2 is 1.70 bits per heavy atom. The topological polar surface area (TPSA) is 16.1 Å². The van der Waals surface area contributed by atoms with Crippen LogP contribution in [0.25, 0.3) is 11.3 Å². The maximum absolute atomic E-state index is 5.10. The molecular formula is C25H36N2. The van der Waals surface area contributed by atoms with Crippen LogP contribution in [0, 0.1) is 19.8 Å². The lowest BCUT2D eigenvalue weighted by molar-refractivity contribution is 0.254. The Labute approximate surface area is 166 Å². The highest BCUT2D eigenvalue weighted by molar-refractivity contribution is 5.69. The average molecular weight is 365 g/mol. The molecule has 0 aliphatic heterocycles. The number of aryl methyl sites for hydroxylation is 4. The molecule has 1 saturated carbocycles. The number of aromatic nitrogens is 1. The Morgan fingerprint density at radius 1 is 1.04 bits per heavy atom. The first-order valence-electron chi connectivity index (χ1n) is 10.9. The van der Waals surface area contributed by atoms with E-state index in [4.69, 9.17) is 4.98 Å². The zero-order valence-corrected chi connectivity index (χ0v) is 17.9. The molecule has 0 N–H and O–H groups in total. The third-order valence-electron chi connectivity index (χ3n) is 5.94. The van der Waals surface area contributed by atoms with Gasteiger partial charge in [0.05, 0.1) is 5.69 Å². The van der Waals surface area contributed by atoms with Gasteiger partial charge in [-0.3, -0.25) is 9.88 Å². The Bertz CT molecular complexity index is 729. The van der Waals surface area contributed by atoms with Crippen molar-refractivity contribution in [2.24, 2.45) is 5.92 Å². The van der Waals surface area contributed by atoms with Crippen molar-refractivity contribution in [3.05, 3.63) is 52.2 Å². The zero-order chi connectivity index (χ0) is 19.4. The summed E-state index contributed by atoms with van der Waals surface area (Å²) in [6.07, 6.45) is 6.17. The van der Waals surface area contributed by atoms with Crippen molar-refractivity contribution in [3.8, 4) is 11.3 Å².